The van der Waals surface area contributed by atoms with Gasteiger partial charge in [0, 0.05) is 25.8 Å². The second kappa shape index (κ2) is 5.75. The molecule has 0 saturated carbocycles. The maximum Gasteiger partial charge on any atom is 0.225 e. The van der Waals surface area contributed by atoms with Gasteiger partial charge in [-0.1, -0.05) is 12.1 Å². The van der Waals surface area contributed by atoms with E-state index in [0.29, 0.717) is 19.0 Å². The van der Waals surface area contributed by atoms with Crippen molar-refractivity contribution in [3.8, 4) is 0 Å². The normalized spacial score (nSPS) is 10.5. The zero-order chi connectivity index (χ0) is 13.8. The predicted molar refractivity (Wildman–Crippen MR) is 73.2 cm³/mol. The van der Waals surface area contributed by atoms with E-state index < -0.39 is 0 Å². The number of rotatable bonds is 4. The highest BCUT2D eigenvalue weighted by Gasteiger charge is 2.08. The number of hydrogen-bond acceptors (Lipinski definition) is 4. The summed E-state index contributed by atoms with van der Waals surface area (Å²) < 4.78 is 13.1. The quantitative estimate of drug-likeness (QED) is 0.913. The Kier molecular flexibility index (Phi) is 4.06. The number of benzene rings is 1. The van der Waals surface area contributed by atoms with Crippen LogP contribution in [0.4, 0.5) is 10.3 Å². The molecule has 0 fully saturated rings. The lowest BCUT2D eigenvalue weighted by Crippen LogP contribution is -2.20. The van der Waals surface area contributed by atoms with Crippen LogP contribution in [0, 0.1) is 12.7 Å². The van der Waals surface area contributed by atoms with Crippen LogP contribution in [0.25, 0.3) is 0 Å². The molecule has 1 aromatic heterocycles. The van der Waals surface area contributed by atoms with Crippen molar-refractivity contribution in [3.63, 3.8) is 0 Å². The van der Waals surface area contributed by atoms with Gasteiger partial charge in [0.05, 0.1) is 5.69 Å². The third-order valence-corrected chi connectivity index (χ3v) is 2.75. The molecule has 1 heterocycles. The summed E-state index contributed by atoms with van der Waals surface area (Å²) in [7, 11) is 1.87. The van der Waals surface area contributed by atoms with E-state index in [0.717, 1.165) is 17.0 Å². The van der Waals surface area contributed by atoms with Crippen LogP contribution in [0.5, 0.6) is 0 Å². The summed E-state index contributed by atoms with van der Waals surface area (Å²) >= 11 is 0. The minimum Gasteiger partial charge on any atom is -0.340 e. The highest BCUT2D eigenvalue weighted by Crippen LogP contribution is 2.13. The topological polar surface area (TPSA) is 55.0 Å². The Bertz CT molecular complexity index is 571. The lowest BCUT2D eigenvalue weighted by molar-refractivity contribution is 0.625. The van der Waals surface area contributed by atoms with Crippen molar-refractivity contribution < 1.29 is 4.39 Å². The molecule has 100 valence electrons. The van der Waals surface area contributed by atoms with Crippen molar-refractivity contribution in [2.24, 2.45) is 5.73 Å². The van der Waals surface area contributed by atoms with E-state index in [1.807, 2.05) is 31.0 Å². The first kappa shape index (κ1) is 13.4. The Morgan fingerprint density at radius 1 is 1.26 bits per heavy atom. The Morgan fingerprint density at radius 3 is 2.74 bits per heavy atom. The molecule has 0 atom stereocenters. The Morgan fingerprint density at radius 2 is 2.05 bits per heavy atom. The minimum absolute atomic E-state index is 0.237. The standard InChI is InChI=1S/C14H17FN4/c1-10-6-13(8-16)18-14(17-10)19(2)9-11-4-3-5-12(15)7-11/h3-7H,8-9,16H2,1-2H3. The summed E-state index contributed by atoms with van der Waals surface area (Å²) in [6.45, 7) is 2.83. The number of hydrogen-bond donors (Lipinski definition) is 1. The summed E-state index contributed by atoms with van der Waals surface area (Å²) in [5, 5.41) is 0. The third-order valence-electron chi connectivity index (χ3n) is 2.75. The van der Waals surface area contributed by atoms with Crippen molar-refractivity contribution in [2.75, 3.05) is 11.9 Å². The first-order valence-electron chi connectivity index (χ1n) is 6.08. The van der Waals surface area contributed by atoms with Crippen molar-refractivity contribution in [3.05, 3.63) is 53.1 Å². The lowest BCUT2D eigenvalue weighted by atomic mass is 10.2. The van der Waals surface area contributed by atoms with Crippen LogP contribution in [0.2, 0.25) is 0 Å². The summed E-state index contributed by atoms with van der Waals surface area (Å²) in [6, 6.07) is 8.37. The first-order valence-corrected chi connectivity index (χ1v) is 6.08. The molecular weight excluding hydrogens is 243 g/mol. The van der Waals surface area contributed by atoms with Crippen LogP contribution in [-0.2, 0) is 13.1 Å². The molecule has 0 bridgehead atoms. The monoisotopic (exact) mass is 260 g/mol. The minimum atomic E-state index is -0.237. The molecule has 0 aliphatic rings. The zero-order valence-corrected chi connectivity index (χ0v) is 11.1. The average molecular weight is 260 g/mol. The van der Waals surface area contributed by atoms with E-state index in [4.69, 9.17) is 5.73 Å². The molecule has 1 aromatic carbocycles. The van der Waals surface area contributed by atoms with Gasteiger partial charge in [-0.05, 0) is 30.7 Å². The van der Waals surface area contributed by atoms with Crippen molar-refractivity contribution >= 4 is 5.95 Å². The summed E-state index contributed by atoms with van der Waals surface area (Å²) in [5.74, 6) is 0.364. The molecule has 19 heavy (non-hydrogen) atoms. The predicted octanol–water partition coefficient (Wildman–Crippen LogP) is 2.02. The number of halogens is 1. The van der Waals surface area contributed by atoms with E-state index in [1.54, 1.807) is 6.07 Å². The fourth-order valence-electron chi connectivity index (χ4n) is 1.87. The molecule has 5 heteroatoms. The van der Waals surface area contributed by atoms with E-state index in [9.17, 15) is 4.39 Å². The van der Waals surface area contributed by atoms with E-state index in [2.05, 4.69) is 9.97 Å². The van der Waals surface area contributed by atoms with Gasteiger partial charge >= 0.3 is 0 Å². The van der Waals surface area contributed by atoms with Crippen molar-refractivity contribution in [2.45, 2.75) is 20.0 Å². The molecule has 2 rings (SSSR count). The molecule has 0 radical (unpaired) electrons. The van der Waals surface area contributed by atoms with E-state index in [1.165, 1.54) is 12.1 Å². The molecule has 2 N–H and O–H groups in total. The molecule has 2 aromatic rings. The molecule has 0 aliphatic heterocycles. The van der Waals surface area contributed by atoms with E-state index in [-0.39, 0.29) is 5.82 Å². The number of aryl methyl sites for hydroxylation is 1. The Balaban J connectivity index is 2.20. The maximum atomic E-state index is 13.1. The molecule has 0 saturated heterocycles. The van der Waals surface area contributed by atoms with Crippen LogP contribution in [0.3, 0.4) is 0 Å². The number of aromatic nitrogens is 2. The van der Waals surface area contributed by atoms with Crippen molar-refractivity contribution in [1.29, 1.82) is 0 Å². The number of nitrogens with two attached hydrogens (primary N) is 1. The van der Waals surface area contributed by atoms with E-state index >= 15 is 0 Å². The molecule has 0 spiro atoms. The van der Waals surface area contributed by atoms with Crippen molar-refractivity contribution in [1.82, 2.24) is 9.97 Å². The Hall–Kier alpha value is -2.01. The lowest BCUT2D eigenvalue weighted by Gasteiger charge is -2.18. The molecule has 0 aliphatic carbocycles. The van der Waals surface area contributed by atoms with Gasteiger partial charge in [-0.25, -0.2) is 14.4 Å². The molecule has 0 unspecified atom stereocenters. The van der Waals surface area contributed by atoms with Gasteiger partial charge in [0.2, 0.25) is 5.95 Å². The summed E-state index contributed by atoms with van der Waals surface area (Å²) in [6.07, 6.45) is 0. The highest BCUT2D eigenvalue weighted by molar-refractivity contribution is 5.33. The second-order valence-electron chi connectivity index (χ2n) is 4.49. The SMILES string of the molecule is Cc1cc(CN)nc(N(C)Cc2cccc(F)c2)n1. The average Bonchev–Trinajstić information content (AvgIpc) is 2.38. The highest BCUT2D eigenvalue weighted by atomic mass is 19.1. The van der Waals surface area contributed by atoms with Crippen LogP contribution in [-0.4, -0.2) is 17.0 Å². The molecule has 4 nitrogen and oxygen atoms in total. The summed E-state index contributed by atoms with van der Waals surface area (Å²) in [5.41, 5.74) is 8.15. The number of nitrogens with zero attached hydrogens (tertiary/aromatic N) is 3. The van der Waals surface area contributed by atoms with Crippen LogP contribution in [0.1, 0.15) is 17.0 Å². The number of anilines is 1. The first-order chi connectivity index (χ1) is 9.08. The zero-order valence-electron chi connectivity index (χ0n) is 11.1. The maximum absolute atomic E-state index is 13.1. The largest absolute Gasteiger partial charge is 0.340 e. The van der Waals surface area contributed by atoms with Gasteiger partial charge in [0.15, 0.2) is 0 Å². The van der Waals surface area contributed by atoms with Gasteiger partial charge in [-0.15, -0.1) is 0 Å². The van der Waals surface area contributed by atoms with Crippen LogP contribution in [0.15, 0.2) is 30.3 Å². The summed E-state index contributed by atoms with van der Waals surface area (Å²) in [4.78, 5) is 10.6. The smallest absolute Gasteiger partial charge is 0.225 e. The van der Waals surface area contributed by atoms with Gasteiger partial charge in [0.25, 0.3) is 0 Å². The molecular formula is C14H17FN4. The van der Waals surface area contributed by atoms with Gasteiger partial charge in [-0.2, -0.15) is 0 Å². The van der Waals surface area contributed by atoms with Gasteiger partial charge in [0.1, 0.15) is 5.82 Å². The Labute approximate surface area is 112 Å². The second-order valence-corrected chi connectivity index (χ2v) is 4.49. The van der Waals surface area contributed by atoms with Gasteiger partial charge < -0.3 is 10.6 Å². The third kappa shape index (κ3) is 3.48. The fraction of sp³-hybridized carbons (Fsp3) is 0.286. The van der Waals surface area contributed by atoms with Crippen LogP contribution < -0.4 is 10.6 Å². The fourth-order valence-corrected chi connectivity index (χ4v) is 1.87. The van der Waals surface area contributed by atoms with Crippen LogP contribution >= 0.6 is 0 Å². The van der Waals surface area contributed by atoms with Gasteiger partial charge in [-0.3, -0.25) is 0 Å². The molecule has 0 amide bonds.